The minimum absolute atomic E-state index is 0.111. The van der Waals surface area contributed by atoms with E-state index in [1.807, 2.05) is 6.07 Å². The van der Waals surface area contributed by atoms with Crippen LogP contribution in [0.2, 0.25) is 5.02 Å². The quantitative estimate of drug-likeness (QED) is 0.750. The predicted molar refractivity (Wildman–Crippen MR) is 99.6 cm³/mol. The lowest BCUT2D eigenvalue weighted by atomic mass is 10.1. The fraction of sp³-hybridized carbons (Fsp3) is 0.389. The zero-order valence-electron chi connectivity index (χ0n) is 15.1. The number of hydrogen-bond donors (Lipinski definition) is 2. The topological polar surface area (TPSA) is 96.5 Å². The lowest BCUT2D eigenvalue weighted by Crippen LogP contribution is -2.32. The molecule has 2 N–H and O–H groups in total. The number of ether oxygens (including phenoxy) is 2. The molecule has 1 aromatic heterocycles. The predicted octanol–water partition coefficient (Wildman–Crippen LogP) is 1.89. The molecule has 0 radical (unpaired) electrons. The van der Waals surface area contributed by atoms with Crippen molar-refractivity contribution in [1.82, 2.24) is 15.5 Å². The number of amides is 2. The second-order valence-electron chi connectivity index (χ2n) is 6.26. The molecule has 2 amide bonds. The number of carbonyl (C=O) groups excluding carboxylic acids is 2. The first kappa shape index (κ1) is 19.2. The van der Waals surface area contributed by atoms with Gasteiger partial charge < -0.3 is 19.7 Å². The van der Waals surface area contributed by atoms with Gasteiger partial charge in [0.2, 0.25) is 11.8 Å². The smallest absolute Gasteiger partial charge is 0.227 e. The summed E-state index contributed by atoms with van der Waals surface area (Å²) in [7, 11) is 3.12. The number of methoxy groups -OCH3 is 2. The molecular weight excluding hydrogens is 372 g/mol. The summed E-state index contributed by atoms with van der Waals surface area (Å²) in [4.78, 5) is 26.4. The Balaban J connectivity index is 1.59. The first-order valence-electron chi connectivity index (χ1n) is 8.45. The summed E-state index contributed by atoms with van der Waals surface area (Å²) in [5, 5.41) is 10.2. The molecule has 27 heavy (non-hydrogen) atoms. The Morgan fingerprint density at radius 2 is 2.22 bits per heavy atom. The summed E-state index contributed by atoms with van der Waals surface area (Å²) in [5.74, 6) is -0.165. The van der Waals surface area contributed by atoms with Crippen molar-refractivity contribution in [2.24, 2.45) is 5.92 Å². The summed E-state index contributed by atoms with van der Waals surface area (Å²) in [6, 6.07) is 6.95. The van der Waals surface area contributed by atoms with Crippen molar-refractivity contribution in [3.8, 4) is 5.75 Å². The average molecular weight is 393 g/mol. The Hall–Kier alpha value is -2.58. The normalized spacial score (nSPS) is 16.6. The maximum absolute atomic E-state index is 12.4. The number of aromatic amines is 1. The van der Waals surface area contributed by atoms with Crippen LogP contribution in [0.5, 0.6) is 5.75 Å². The summed E-state index contributed by atoms with van der Waals surface area (Å²) < 4.78 is 10.1. The largest absolute Gasteiger partial charge is 0.495 e. The van der Waals surface area contributed by atoms with E-state index in [9.17, 15) is 9.59 Å². The lowest BCUT2D eigenvalue weighted by Gasteiger charge is -2.17. The highest BCUT2D eigenvalue weighted by Gasteiger charge is 2.35. The van der Waals surface area contributed by atoms with Crippen molar-refractivity contribution in [2.75, 3.05) is 25.7 Å². The van der Waals surface area contributed by atoms with E-state index in [1.54, 1.807) is 30.2 Å². The zero-order valence-corrected chi connectivity index (χ0v) is 15.9. The first-order valence-corrected chi connectivity index (χ1v) is 8.83. The van der Waals surface area contributed by atoms with Gasteiger partial charge in [0.25, 0.3) is 0 Å². The van der Waals surface area contributed by atoms with Crippen molar-refractivity contribution in [3.63, 3.8) is 0 Å². The molecule has 8 nitrogen and oxygen atoms in total. The molecule has 3 rings (SSSR count). The van der Waals surface area contributed by atoms with Crippen molar-refractivity contribution in [3.05, 3.63) is 40.7 Å². The number of aromatic nitrogens is 2. The molecule has 2 heterocycles. The molecule has 0 spiro atoms. The second kappa shape index (κ2) is 8.41. The molecule has 0 aliphatic carbocycles. The highest BCUT2D eigenvalue weighted by Crippen LogP contribution is 2.32. The number of rotatable bonds is 7. The van der Waals surface area contributed by atoms with E-state index in [0.29, 0.717) is 36.2 Å². The van der Waals surface area contributed by atoms with Crippen LogP contribution in [0.15, 0.2) is 24.3 Å². The van der Waals surface area contributed by atoms with Crippen LogP contribution in [0.4, 0.5) is 5.69 Å². The van der Waals surface area contributed by atoms with E-state index in [-0.39, 0.29) is 18.2 Å². The Labute approximate surface area is 161 Å². The Bertz CT molecular complexity index is 839. The molecule has 1 aromatic carbocycles. The highest BCUT2D eigenvalue weighted by atomic mass is 35.5. The van der Waals surface area contributed by atoms with Crippen molar-refractivity contribution in [2.45, 2.75) is 19.6 Å². The van der Waals surface area contributed by atoms with Gasteiger partial charge in [-0.05, 0) is 24.3 Å². The fourth-order valence-electron chi connectivity index (χ4n) is 3.00. The van der Waals surface area contributed by atoms with E-state index in [2.05, 4.69) is 15.5 Å². The first-order chi connectivity index (χ1) is 13.0. The van der Waals surface area contributed by atoms with Crippen LogP contribution in [-0.4, -0.2) is 42.8 Å². The summed E-state index contributed by atoms with van der Waals surface area (Å²) >= 11 is 6.14. The Morgan fingerprint density at radius 1 is 1.41 bits per heavy atom. The van der Waals surface area contributed by atoms with Crippen molar-refractivity contribution in [1.29, 1.82) is 0 Å². The van der Waals surface area contributed by atoms with Gasteiger partial charge in [0.05, 0.1) is 42.6 Å². The third-order valence-electron chi connectivity index (χ3n) is 4.37. The van der Waals surface area contributed by atoms with Crippen LogP contribution >= 0.6 is 11.6 Å². The van der Waals surface area contributed by atoms with E-state index >= 15 is 0 Å². The number of nitrogens with zero attached hydrogens (tertiary/aromatic N) is 2. The van der Waals surface area contributed by atoms with E-state index in [0.717, 1.165) is 11.4 Å². The summed E-state index contributed by atoms with van der Waals surface area (Å²) in [5.41, 5.74) is 2.19. The average Bonchev–Trinajstić information content (AvgIpc) is 3.26. The highest BCUT2D eigenvalue weighted by molar-refractivity contribution is 6.32. The lowest BCUT2D eigenvalue weighted by molar-refractivity contribution is -0.126. The molecule has 144 valence electrons. The third kappa shape index (κ3) is 4.40. The fourth-order valence-corrected chi connectivity index (χ4v) is 3.26. The third-order valence-corrected chi connectivity index (χ3v) is 4.67. The van der Waals surface area contributed by atoms with Crippen LogP contribution in [-0.2, 0) is 27.5 Å². The van der Waals surface area contributed by atoms with Gasteiger partial charge in [-0.1, -0.05) is 11.6 Å². The SMILES string of the molecule is COCc1cc(CNC(=O)C2CC(=O)N(c3ccc(OC)c(Cl)c3)C2)[nH]n1. The van der Waals surface area contributed by atoms with E-state index in [1.165, 1.54) is 7.11 Å². The molecular formula is C18H21ClN4O4. The van der Waals surface area contributed by atoms with Gasteiger partial charge in [0, 0.05) is 25.8 Å². The molecule has 9 heteroatoms. The van der Waals surface area contributed by atoms with E-state index < -0.39 is 5.92 Å². The van der Waals surface area contributed by atoms with Crippen molar-refractivity contribution >= 4 is 29.1 Å². The maximum atomic E-state index is 12.4. The van der Waals surface area contributed by atoms with E-state index in [4.69, 9.17) is 21.1 Å². The molecule has 2 aromatic rings. The van der Waals surface area contributed by atoms with Gasteiger partial charge in [-0.25, -0.2) is 0 Å². The zero-order chi connectivity index (χ0) is 19.4. The van der Waals surface area contributed by atoms with Gasteiger partial charge in [0.1, 0.15) is 5.75 Å². The number of benzene rings is 1. The maximum Gasteiger partial charge on any atom is 0.227 e. The summed E-state index contributed by atoms with van der Waals surface area (Å²) in [6.45, 7) is 1.03. The Kier molecular flexibility index (Phi) is 5.98. The molecule has 1 saturated heterocycles. The van der Waals surface area contributed by atoms with Gasteiger partial charge in [0.15, 0.2) is 0 Å². The van der Waals surface area contributed by atoms with Crippen LogP contribution in [0.25, 0.3) is 0 Å². The second-order valence-corrected chi connectivity index (χ2v) is 6.67. The number of carbonyl (C=O) groups is 2. The molecule has 1 unspecified atom stereocenters. The number of nitrogens with one attached hydrogen (secondary N) is 2. The monoisotopic (exact) mass is 392 g/mol. The van der Waals surface area contributed by atoms with Gasteiger partial charge >= 0.3 is 0 Å². The molecule has 0 bridgehead atoms. The molecule has 1 aliphatic heterocycles. The number of halogens is 1. The number of H-pyrrole nitrogens is 1. The van der Waals surface area contributed by atoms with Gasteiger partial charge in [-0.2, -0.15) is 5.10 Å². The minimum atomic E-state index is -0.417. The molecule has 1 atom stereocenters. The summed E-state index contributed by atoms with van der Waals surface area (Å²) in [6.07, 6.45) is 0.160. The van der Waals surface area contributed by atoms with Crippen LogP contribution in [0, 0.1) is 5.92 Å². The van der Waals surface area contributed by atoms with Crippen LogP contribution in [0.1, 0.15) is 17.8 Å². The molecule has 1 fully saturated rings. The van der Waals surface area contributed by atoms with Crippen molar-refractivity contribution < 1.29 is 19.1 Å². The molecule has 1 aliphatic rings. The standard InChI is InChI=1S/C18H21ClN4O4/c1-26-10-13-6-12(21-22-13)8-20-18(25)11-5-17(24)23(9-11)14-3-4-16(27-2)15(19)7-14/h3-4,6-7,11H,5,8-10H2,1-2H3,(H,20,25)(H,21,22). The van der Waals surface area contributed by atoms with Gasteiger partial charge in [-0.3, -0.25) is 14.7 Å². The molecule has 0 saturated carbocycles. The van der Waals surface area contributed by atoms with Gasteiger partial charge in [-0.15, -0.1) is 0 Å². The number of anilines is 1. The van der Waals surface area contributed by atoms with Crippen LogP contribution in [0.3, 0.4) is 0 Å². The minimum Gasteiger partial charge on any atom is -0.495 e. The Morgan fingerprint density at radius 3 is 2.93 bits per heavy atom. The number of hydrogen-bond acceptors (Lipinski definition) is 5. The van der Waals surface area contributed by atoms with Crippen LogP contribution < -0.4 is 15.0 Å².